The van der Waals surface area contributed by atoms with Crippen LogP contribution in [0.25, 0.3) is 10.8 Å². The van der Waals surface area contributed by atoms with Crippen LogP contribution in [0.4, 0.5) is 0 Å². The molecule has 1 N–H and O–H groups in total. The third kappa shape index (κ3) is 6.82. The van der Waals surface area contributed by atoms with Crippen LogP contribution in [0.15, 0.2) is 66.7 Å². The Morgan fingerprint density at radius 2 is 1.70 bits per heavy atom. The van der Waals surface area contributed by atoms with Crippen LogP contribution in [-0.2, 0) is 22.6 Å². The van der Waals surface area contributed by atoms with Crippen LogP contribution in [0.5, 0.6) is 0 Å². The SMILES string of the molecule is CCCCNC(=O)C(CC)N(Cc1ccc(Cl)cc1)C(=O)CCc1cccc2ccccc12. The van der Waals surface area contributed by atoms with Gasteiger partial charge in [-0.25, -0.2) is 0 Å². The van der Waals surface area contributed by atoms with Crippen molar-refractivity contribution >= 4 is 34.2 Å². The Morgan fingerprint density at radius 3 is 2.42 bits per heavy atom. The molecule has 1 unspecified atom stereocenters. The van der Waals surface area contributed by atoms with E-state index in [1.54, 1.807) is 4.90 Å². The summed E-state index contributed by atoms with van der Waals surface area (Å²) in [6.07, 6.45) is 3.47. The highest BCUT2D eigenvalue weighted by molar-refractivity contribution is 6.30. The number of carbonyl (C=O) groups excluding carboxylic acids is 2. The minimum Gasteiger partial charge on any atom is -0.354 e. The van der Waals surface area contributed by atoms with Crippen molar-refractivity contribution in [2.45, 2.75) is 58.5 Å². The normalized spacial score (nSPS) is 11.8. The molecule has 4 nitrogen and oxygen atoms in total. The van der Waals surface area contributed by atoms with E-state index in [1.165, 1.54) is 10.8 Å². The summed E-state index contributed by atoms with van der Waals surface area (Å²) in [5.74, 6) is -0.103. The van der Waals surface area contributed by atoms with Gasteiger partial charge in [0.1, 0.15) is 6.04 Å². The van der Waals surface area contributed by atoms with Crippen LogP contribution in [0, 0.1) is 0 Å². The van der Waals surface area contributed by atoms with E-state index in [9.17, 15) is 9.59 Å². The minimum absolute atomic E-state index is 0.0182. The van der Waals surface area contributed by atoms with Crippen LogP contribution in [0.2, 0.25) is 5.02 Å². The van der Waals surface area contributed by atoms with E-state index in [0.29, 0.717) is 37.4 Å². The third-order valence-electron chi connectivity index (χ3n) is 5.97. The zero-order chi connectivity index (χ0) is 23.6. The maximum Gasteiger partial charge on any atom is 0.242 e. The van der Waals surface area contributed by atoms with Crippen LogP contribution < -0.4 is 5.32 Å². The maximum absolute atomic E-state index is 13.5. The molecule has 5 heteroatoms. The van der Waals surface area contributed by atoms with Gasteiger partial charge in [-0.2, -0.15) is 0 Å². The first-order valence-electron chi connectivity index (χ1n) is 11.8. The van der Waals surface area contributed by atoms with Gasteiger partial charge in [-0.15, -0.1) is 0 Å². The van der Waals surface area contributed by atoms with Gasteiger partial charge in [0, 0.05) is 24.5 Å². The number of benzene rings is 3. The van der Waals surface area contributed by atoms with Crippen LogP contribution in [-0.4, -0.2) is 29.3 Å². The van der Waals surface area contributed by atoms with Gasteiger partial charge in [0.2, 0.25) is 11.8 Å². The minimum atomic E-state index is -0.502. The van der Waals surface area contributed by atoms with Gasteiger partial charge < -0.3 is 10.2 Å². The Kier molecular flexibility index (Phi) is 9.32. The molecular weight excluding hydrogens is 432 g/mol. The molecule has 0 saturated heterocycles. The molecule has 0 spiro atoms. The number of unbranched alkanes of at least 4 members (excludes halogenated alkanes) is 1. The topological polar surface area (TPSA) is 49.4 Å². The Morgan fingerprint density at radius 1 is 0.970 bits per heavy atom. The van der Waals surface area contributed by atoms with Crippen molar-refractivity contribution in [2.75, 3.05) is 6.54 Å². The van der Waals surface area contributed by atoms with E-state index in [-0.39, 0.29) is 11.8 Å². The van der Waals surface area contributed by atoms with E-state index in [4.69, 9.17) is 11.6 Å². The molecule has 0 radical (unpaired) electrons. The van der Waals surface area contributed by atoms with Crippen molar-refractivity contribution < 1.29 is 9.59 Å². The Bertz CT molecular complexity index is 1060. The number of halogens is 1. The molecule has 0 aromatic heterocycles. The molecule has 0 aliphatic carbocycles. The smallest absolute Gasteiger partial charge is 0.242 e. The lowest BCUT2D eigenvalue weighted by molar-refractivity contribution is -0.141. The summed E-state index contributed by atoms with van der Waals surface area (Å²) in [4.78, 5) is 28.2. The molecule has 0 bridgehead atoms. The lowest BCUT2D eigenvalue weighted by Gasteiger charge is -2.31. The molecule has 0 aliphatic heterocycles. The first-order chi connectivity index (χ1) is 16.0. The van der Waals surface area contributed by atoms with Gasteiger partial charge in [0.25, 0.3) is 0 Å². The standard InChI is InChI=1S/C28H33ClN2O2/c1-3-5-19-30-28(33)26(4-2)31(20-21-13-16-24(29)17-14-21)27(32)18-15-23-11-8-10-22-9-6-7-12-25(22)23/h6-14,16-17,26H,3-5,15,18-20H2,1-2H3,(H,30,33). The predicted octanol–water partition coefficient (Wildman–Crippen LogP) is 6.15. The summed E-state index contributed by atoms with van der Waals surface area (Å²) in [6, 6.07) is 21.4. The Labute approximate surface area is 201 Å². The van der Waals surface area contributed by atoms with Crippen molar-refractivity contribution in [2.24, 2.45) is 0 Å². The number of nitrogens with one attached hydrogen (secondary N) is 1. The molecule has 33 heavy (non-hydrogen) atoms. The number of hydrogen-bond donors (Lipinski definition) is 1. The number of rotatable bonds is 11. The van der Waals surface area contributed by atoms with E-state index >= 15 is 0 Å². The van der Waals surface area contributed by atoms with Gasteiger partial charge in [-0.05, 0) is 53.3 Å². The first-order valence-corrected chi connectivity index (χ1v) is 12.2. The molecule has 3 aromatic carbocycles. The molecule has 3 aromatic rings. The highest BCUT2D eigenvalue weighted by atomic mass is 35.5. The van der Waals surface area contributed by atoms with Crippen LogP contribution >= 0.6 is 11.6 Å². The first kappa shape index (κ1) is 24.8. The summed E-state index contributed by atoms with van der Waals surface area (Å²) in [5.41, 5.74) is 2.10. The molecule has 3 rings (SSSR count). The maximum atomic E-state index is 13.5. The average Bonchev–Trinajstić information content (AvgIpc) is 2.83. The van der Waals surface area contributed by atoms with Gasteiger partial charge in [-0.3, -0.25) is 9.59 Å². The van der Waals surface area contributed by atoms with Gasteiger partial charge in [0.15, 0.2) is 0 Å². The zero-order valence-electron chi connectivity index (χ0n) is 19.5. The van der Waals surface area contributed by atoms with E-state index in [2.05, 4.69) is 36.5 Å². The number of nitrogens with zero attached hydrogens (tertiary/aromatic N) is 1. The summed E-state index contributed by atoms with van der Waals surface area (Å²) in [6.45, 7) is 5.06. The van der Waals surface area contributed by atoms with E-state index in [1.807, 2.05) is 49.4 Å². The van der Waals surface area contributed by atoms with Crippen LogP contribution in [0.3, 0.4) is 0 Å². The molecule has 0 heterocycles. The van der Waals surface area contributed by atoms with Crippen molar-refractivity contribution in [3.63, 3.8) is 0 Å². The molecule has 2 amide bonds. The third-order valence-corrected chi connectivity index (χ3v) is 6.22. The number of amides is 2. The number of hydrogen-bond acceptors (Lipinski definition) is 2. The van der Waals surface area contributed by atoms with Crippen molar-refractivity contribution in [1.29, 1.82) is 0 Å². The molecule has 0 saturated carbocycles. The van der Waals surface area contributed by atoms with Gasteiger partial charge >= 0.3 is 0 Å². The summed E-state index contributed by atoms with van der Waals surface area (Å²) >= 11 is 6.04. The van der Waals surface area contributed by atoms with Gasteiger partial charge in [0.05, 0.1) is 0 Å². The number of carbonyl (C=O) groups is 2. The highest BCUT2D eigenvalue weighted by Gasteiger charge is 2.28. The second kappa shape index (κ2) is 12.4. The van der Waals surface area contributed by atoms with E-state index < -0.39 is 6.04 Å². The lowest BCUT2D eigenvalue weighted by Crippen LogP contribution is -2.49. The van der Waals surface area contributed by atoms with E-state index in [0.717, 1.165) is 24.0 Å². The molecular formula is C28H33ClN2O2. The Hall–Kier alpha value is -2.85. The van der Waals surface area contributed by atoms with Crippen molar-refractivity contribution in [1.82, 2.24) is 10.2 Å². The second-order valence-electron chi connectivity index (χ2n) is 8.36. The monoisotopic (exact) mass is 464 g/mol. The zero-order valence-corrected chi connectivity index (χ0v) is 20.3. The van der Waals surface area contributed by atoms with Crippen LogP contribution in [0.1, 0.15) is 50.7 Å². The summed E-state index contributed by atoms with van der Waals surface area (Å²) in [5, 5.41) is 6.00. The largest absolute Gasteiger partial charge is 0.354 e. The lowest BCUT2D eigenvalue weighted by atomic mass is 10.00. The predicted molar refractivity (Wildman–Crippen MR) is 136 cm³/mol. The second-order valence-corrected chi connectivity index (χ2v) is 8.79. The average molecular weight is 465 g/mol. The van der Waals surface area contributed by atoms with Crippen molar-refractivity contribution in [3.05, 3.63) is 82.9 Å². The fraction of sp³-hybridized carbons (Fsp3) is 0.357. The quantitative estimate of drug-likeness (QED) is 0.346. The number of fused-ring (bicyclic) bond motifs is 1. The van der Waals surface area contributed by atoms with Crippen molar-refractivity contribution in [3.8, 4) is 0 Å². The fourth-order valence-corrected chi connectivity index (χ4v) is 4.23. The summed E-state index contributed by atoms with van der Waals surface area (Å²) in [7, 11) is 0. The fourth-order valence-electron chi connectivity index (χ4n) is 4.11. The molecule has 174 valence electrons. The van der Waals surface area contributed by atoms with Gasteiger partial charge in [-0.1, -0.05) is 86.5 Å². The molecule has 0 aliphatic rings. The molecule has 1 atom stereocenters. The summed E-state index contributed by atoms with van der Waals surface area (Å²) < 4.78 is 0. The highest BCUT2D eigenvalue weighted by Crippen LogP contribution is 2.21. The Balaban J connectivity index is 1.79. The number of aryl methyl sites for hydroxylation is 1. The molecule has 0 fully saturated rings.